The molecule has 0 aromatic carbocycles. The lowest BCUT2D eigenvalue weighted by Gasteiger charge is -2.20. The van der Waals surface area contributed by atoms with E-state index in [1.807, 2.05) is 0 Å². The number of nitrogens with one attached hydrogen (secondary N) is 1. The zero-order valence-electron chi connectivity index (χ0n) is 9.24. The lowest BCUT2D eigenvalue weighted by molar-refractivity contribution is -0.159. The van der Waals surface area contributed by atoms with Gasteiger partial charge in [0.05, 0.1) is 5.60 Å². The van der Waals surface area contributed by atoms with Gasteiger partial charge in [-0.2, -0.15) is 0 Å². The average molecular weight is 215 g/mol. The van der Waals surface area contributed by atoms with Crippen LogP contribution in [0, 0.1) is 11.8 Å². The van der Waals surface area contributed by atoms with E-state index in [4.69, 9.17) is 9.94 Å². The van der Waals surface area contributed by atoms with Gasteiger partial charge in [-0.05, 0) is 39.5 Å². The molecule has 5 nitrogen and oxygen atoms in total. The fraction of sp³-hybridized carbons (Fsp3) is 0.800. The van der Waals surface area contributed by atoms with Gasteiger partial charge in [-0.3, -0.25) is 14.4 Å². The number of hydroxylamine groups is 1. The van der Waals surface area contributed by atoms with Crippen LogP contribution in [-0.2, 0) is 14.4 Å². The van der Waals surface area contributed by atoms with Gasteiger partial charge < -0.3 is 5.11 Å². The first kappa shape index (κ1) is 12.0. The Bertz CT molecular complexity index is 265. The summed E-state index contributed by atoms with van der Waals surface area (Å²) < 4.78 is 0. The molecule has 1 aliphatic carbocycles. The highest BCUT2D eigenvalue weighted by Gasteiger charge is 2.41. The number of aliphatic carboxylic acids is 1. The number of carboxylic acid groups (broad SMARTS) is 1. The fourth-order valence-corrected chi connectivity index (χ4v) is 1.22. The SMILES string of the molecule is CC(C)(C)ONC(=O)[C@H](C(=O)O)C1CC1. The standard InChI is InChI=1S/C10H17NO4/c1-10(2,3)15-11-8(12)7(9(13)14)6-4-5-6/h6-7H,4-5H2,1-3H3,(H,11,12)(H,13,14)/t7-/m1/s1. The second-order valence-corrected chi connectivity index (χ2v) is 4.83. The number of rotatable bonds is 4. The average Bonchev–Trinajstić information content (AvgIpc) is 2.83. The zero-order valence-corrected chi connectivity index (χ0v) is 9.24. The van der Waals surface area contributed by atoms with Crippen LogP contribution in [0.4, 0.5) is 0 Å². The summed E-state index contributed by atoms with van der Waals surface area (Å²) in [5.74, 6) is -2.62. The normalized spacial score (nSPS) is 18.3. The number of carboxylic acids is 1. The van der Waals surface area contributed by atoms with Crippen LogP contribution in [0.15, 0.2) is 0 Å². The van der Waals surface area contributed by atoms with Crippen LogP contribution in [0.5, 0.6) is 0 Å². The van der Waals surface area contributed by atoms with E-state index in [0.29, 0.717) is 0 Å². The van der Waals surface area contributed by atoms with Crippen LogP contribution in [0.1, 0.15) is 33.6 Å². The molecule has 0 saturated heterocycles. The fourth-order valence-electron chi connectivity index (χ4n) is 1.22. The topological polar surface area (TPSA) is 75.6 Å². The third-order valence-corrected chi connectivity index (χ3v) is 2.10. The van der Waals surface area contributed by atoms with Crippen LogP contribution in [-0.4, -0.2) is 22.6 Å². The third-order valence-electron chi connectivity index (χ3n) is 2.10. The Morgan fingerprint density at radius 1 is 1.40 bits per heavy atom. The van der Waals surface area contributed by atoms with Gasteiger partial charge in [-0.15, -0.1) is 0 Å². The van der Waals surface area contributed by atoms with Gasteiger partial charge in [0.25, 0.3) is 5.91 Å². The molecule has 0 spiro atoms. The molecule has 0 aliphatic heterocycles. The Hall–Kier alpha value is -1.10. The molecule has 0 heterocycles. The first-order chi connectivity index (χ1) is 6.81. The number of carbonyl (C=O) groups excluding carboxylic acids is 1. The summed E-state index contributed by atoms with van der Waals surface area (Å²) in [4.78, 5) is 27.4. The predicted octanol–water partition coefficient (Wildman–Crippen LogP) is 0.943. The van der Waals surface area contributed by atoms with Gasteiger partial charge in [0.2, 0.25) is 0 Å². The highest BCUT2D eigenvalue weighted by molar-refractivity contribution is 5.97. The number of hydrogen-bond acceptors (Lipinski definition) is 3. The Kier molecular flexibility index (Phi) is 3.34. The largest absolute Gasteiger partial charge is 0.481 e. The van der Waals surface area contributed by atoms with Gasteiger partial charge in [0, 0.05) is 0 Å². The maximum Gasteiger partial charge on any atom is 0.316 e. The Morgan fingerprint density at radius 2 is 1.93 bits per heavy atom. The molecule has 1 atom stereocenters. The van der Waals surface area contributed by atoms with E-state index in [1.165, 1.54) is 0 Å². The molecule has 1 fully saturated rings. The number of carbonyl (C=O) groups is 2. The molecule has 0 radical (unpaired) electrons. The van der Waals surface area contributed by atoms with Crippen molar-refractivity contribution in [2.24, 2.45) is 11.8 Å². The van der Waals surface area contributed by atoms with E-state index in [-0.39, 0.29) is 5.92 Å². The molecule has 5 heteroatoms. The molecule has 2 N–H and O–H groups in total. The molecule has 1 saturated carbocycles. The molecular weight excluding hydrogens is 198 g/mol. The summed E-state index contributed by atoms with van der Waals surface area (Å²) in [7, 11) is 0. The monoisotopic (exact) mass is 215 g/mol. The summed E-state index contributed by atoms with van der Waals surface area (Å²) in [6.45, 7) is 5.33. The minimum atomic E-state index is -1.08. The van der Waals surface area contributed by atoms with Crippen LogP contribution in [0.3, 0.4) is 0 Å². The molecular formula is C10H17NO4. The highest BCUT2D eigenvalue weighted by Crippen LogP contribution is 2.37. The van der Waals surface area contributed by atoms with Crippen molar-refractivity contribution in [2.45, 2.75) is 39.2 Å². The predicted molar refractivity (Wildman–Crippen MR) is 52.8 cm³/mol. The van der Waals surface area contributed by atoms with Crippen molar-refractivity contribution < 1.29 is 19.5 Å². The van der Waals surface area contributed by atoms with E-state index in [0.717, 1.165) is 12.8 Å². The maximum atomic E-state index is 11.5. The molecule has 1 rings (SSSR count). The van der Waals surface area contributed by atoms with Crippen molar-refractivity contribution in [1.82, 2.24) is 5.48 Å². The molecule has 0 aromatic rings. The van der Waals surface area contributed by atoms with Crippen LogP contribution < -0.4 is 5.48 Å². The van der Waals surface area contributed by atoms with Crippen molar-refractivity contribution in [2.75, 3.05) is 0 Å². The first-order valence-electron chi connectivity index (χ1n) is 5.02. The van der Waals surface area contributed by atoms with E-state index in [9.17, 15) is 9.59 Å². The highest BCUT2D eigenvalue weighted by atomic mass is 16.7. The van der Waals surface area contributed by atoms with E-state index in [2.05, 4.69) is 5.48 Å². The molecule has 86 valence electrons. The van der Waals surface area contributed by atoms with Crippen molar-refractivity contribution >= 4 is 11.9 Å². The van der Waals surface area contributed by atoms with Crippen LogP contribution in [0.2, 0.25) is 0 Å². The summed E-state index contributed by atoms with van der Waals surface area (Å²) in [5.41, 5.74) is 1.69. The van der Waals surface area contributed by atoms with Crippen molar-refractivity contribution in [3.63, 3.8) is 0 Å². The summed E-state index contributed by atoms with van der Waals surface area (Å²) >= 11 is 0. The van der Waals surface area contributed by atoms with Crippen LogP contribution >= 0.6 is 0 Å². The second-order valence-electron chi connectivity index (χ2n) is 4.83. The molecule has 1 amide bonds. The lowest BCUT2D eigenvalue weighted by atomic mass is 10.0. The minimum Gasteiger partial charge on any atom is -0.481 e. The summed E-state index contributed by atoms with van der Waals surface area (Å²) in [6.07, 6.45) is 1.61. The second kappa shape index (κ2) is 4.18. The van der Waals surface area contributed by atoms with Crippen molar-refractivity contribution in [3.8, 4) is 0 Å². The summed E-state index contributed by atoms with van der Waals surface area (Å²) in [5, 5.41) is 8.87. The molecule has 15 heavy (non-hydrogen) atoms. The van der Waals surface area contributed by atoms with Crippen molar-refractivity contribution in [3.05, 3.63) is 0 Å². The number of amides is 1. The quantitative estimate of drug-likeness (QED) is 0.540. The van der Waals surface area contributed by atoms with Crippen LogP contribution in [0.25, 0.3) is 0 Å². The molecule has 0 bridgehead atoms. The first-order valence-corrected chi connectivity index (χ1v) is 5.02. The Labute approximate surface area is 88.8 Å². The van der Waals surface area contributed by atoms with Gasteiger partial charge in [-0.1, -0.05) is 0 Å². The molecule has 1 aliphatic rings. The summed E-state index contributed by atoms with van der Waals surface area (Å²) in [6, 6.07) is 0. The zero-order chi connectivity index (χ0) is 11.6. The lowest BCUT2D eigenvalue weighted by Crippen LogP contribution is -2.40. The van der Waals surface area contributed by atoms with E-state index >= 15 is 0 Å². The van der Waals surface area contributed by atoms with Crippen molar-refractivity contribution in [1.29, 1.82) is 0 Å². The molecule has 0 aromatic heterocycles. The van der Waals surface area contributed by atoms with Gasteiger partial charge in [0.1, 0.15) is 5.92 Å². The smallest absolute Gasteiger partial charge is 0.316 e. The van der Waals surface area contributed by atoms with E-state index < -0.39 is 23.4 Å². The Morgan fingerprint density at radius 3 is 2.27 bits per heavy atom. The minimum absolute atomic E-state index is 0.0222. The van der Waals surface area contributed by atoms with E-state index in [1.54, 1.807) is 20.8 Å². The van der Waals surface area contributed by atoms with Gasteiger partial charge >= 0.3 is 5.97 Å². The Balaban J connectivity index is 2.46. The third kappa shape index (κ3) is 3.87. The number of hydrogen-bond donors (Lipinski definition) is 2. The van der Waals surface area contributed by atoms with Gasteiger partial charge in [0.15, 0.2) is 0 Å². The maximum absolute atomic E-state index is 11.5. The van der Waals surface area contributed by atoms with Gasteiger partial charge in [-0.25, -0.2) is 5.48 Å². The molecule has 0 unspecified atom stereocenters.